The largest absolute Gasteiger partial charge is 0.324 e. The first-order chi connectivity index (χ1) is 16.1. The van der Waals surface area contributed by atoms with E-state index in [1.54, 1.807) is 23.8 Å². The van der Waals surface area contributed by atoms with Crippen molar-refractivity contribution < 1.29 is 4.79 Å². The maximum Gasteiger partial charge on any atom is 0.266 e. The molecule has 2 aromatic heterocycles. The number of nitrogens with zero attached hydrogens (tertiary/aromatic N) is 3. The van der Waals surface area contributed by atoms with E-state index in [-0.39, 0.29) is 11.5 Å². The number of amides is 1. The van der Waals surface area contributed by atoms with Gasteiger partial charge in [-0.3, -0.25) is 19.1 Å². The number of carbonyl (C=O) groups is 1. The molecule has 0 saturated heterocycles. The van der Waals surface area contributed by atoms with Crippen LogP contribution in [0.2, 0.25) is 0 Å². The summed E-state index contributed by atoms with van der Waals surface area (Å²) in [6.45, 7) is 1.81. The van der Waals surface area contributed by atoms with Gasteiger partial charge in [-0.05, 0) is 55.5 Å². The lowest BCUT2D eigenvalue weighted by molar-refractivity contribution is -0.115. The molecule has 162 valence electrons. The second-order valence-electron chi connectivity index (χ2n) is 7.51. The fraction of sp³-hybridized carbons (Fsp3) is 0.0769. The van der Waals surface area contributed by atoms with Gasteiger partial charge in [0.2, 0.25) is 5.91 Å². The van der Waals surface area contributed by atoms with E-state index < -0.39 is 5.25 Å². The van der Waals surface area contributed by atoms with Gasteiger partial charge in [0, 0.05) is 11.6 Å². The molecule has 0 fully saturated rings. The molecular formula is C26H20N4O2S. The highest BCUT2D eigenvalue weighted by Gasteiger charge is 2.21. The molecule has 0 spiro atoms. The summed E-state index contributed by atoms with van der Waals surface area (Å²) in [5.41, 5.74) is 2.65. The maximum absolute atomic E-state index is 13.3. The van der Waals surface area contributed by atoms with Crippen LogP contribution in [-0.2, 0) is 4.79 Å². The summed E-state index contributed by atoms with van der Waals surface area (Å²) in [7, 11) is 0. The molecule has 0 aliphatic heterocycles. The summed E-state index contributed by atoms with van der Waals surface area (Å²) >= 11 is 1.25. The third kappa shape index (κ3) is 4.10. The molecule has 1 amide bonds. The first kappa shape index (κ1) is 20.9. The summed E-state index contributed by atoms with van der Waals surface area (Å²) < 4.78 is 1.57. The first-order valence-corrected chi connectivity index (χ1v) is 11.4. The molecule has 7 heteroatoms. The lowest BCUT2D eigenvalue weighted by Crippen LogP contribution is -2.26. The smallest absolute Gasteiger partial charge is 0.266 e. The molecular weight excluding hydrogens is 432 g/mol. The summed E-state index contributed by atoms with van der Waals surface area (Å²) in [5.74, 6) is -0.182. The van der Waals surface area contributed by atoms with Crippen LogP contribution in [0.15, 0.2) is 101 Å². The lowest BCUT2D eigenvalue weighted by Gasteiger charge is -2.17. The zero-order valence-electron chi connectivity index (χ0n) is 17.8. The van der Waals surface area contributed by atoms with Crippen molar-refractivity contribution in [1.29, 1.82) is 0 Å². The minimum Gasteiger partial charge on any atom is -0.324 e. The van der Waals surface area contributed by atoms with Gasteiger partial charge in [-0.1, -0.05) is 48.2 Å². The molecule has 6 nitrogen and oxygen atoms in total. The second kappa shape index (κ2) is 8.88. The number of carbonyl (C=O) groups excluding carboxylic acids is 1. The predicted molar refractivity (Wildman–Crippen MR) is 133 cm³/mol. The number of nitrogens with one attached hydrogen (secondary N) is 1. The van der Waals surface area contributed by atoms with Gasteiger partial charge in [0.25, 0.3) is 5.56 Å². The van der Waals surface area contributed by atoms with Crippen LogP contribution in [0, 0.1) is 0 Å². The second-order valence-corrected chi connectivity index (χ2v) is 8.82. The molecule has 0 radical (unpaired) electrons. The number of hydrogen-bond donors (Lipinski definition) is 1. The zero-order valence-corrected chi connectivity index (χ0v) is 18.6. The van der Waals surface area contributed by atoms with Crippen molar-refractivity contribution in [3.05, 3.63) is 101 Å². The van der Waals surface area contributed by atoms with Crippen molar-refractivity contribution in [2.75, 3.05) is 5.32 Å². The standard InChI is InChI=1S/C26H20N4O2S/c1-17(24(31)28-22-15-7-14-21-19(22)12-8-16-27-21)33-26-29-23-13-6-5-11-20(23)25(32)30(26)18-9-3-2-4-10-18/h2-17H,1H3,(H,28,31). The Morgan fingerprint density at radius 3 is 2.45 bits per heavy atom. The van der Waals surface area contributed by atoms with Crippen LogP contribution >= 0.6 is 11.8 Å². The van der Waals surface area contributed by atoms with E-state index in [9.17, 15) is 9.59 Å². The molecule has 0 aliphatic carbocycles. The van der Waals surface area contributed by atoms with Crippen molar-refractivity contribution in [2.24, 2.45) is 0 Å². The molecule has 0 saturated carbocycles. The Labute approximate surface area is 194 Å². The number of hydrogen-bond acceptors (Lipinski definition) is 5. The van der Waals surface area contributed by atoms with Crippen LogP contribution in [0.4, 0.5) is 5.69 Å². The Bertz CT molecular complexity index is 1530. The van der Waals surface area contributed by atoms with Crippen molar-refractivity contribution >= 4 is 45.2 Å². The third-order valence-corrected chi connectivity index (χ3v) is 6.37. The zero-order chi connectivity index (χ0) is 22.8. The average Bonchev–Trinajstić information content (AvgIpc) is 2.85. The number of anilines is 1. The first-order valence-electron chi connectivity index (χ1n) is 10.5. The van der Waals surface area contributed by atoms with Gasteiger partial charge >= 0.3 is 0 Å². The van der Waals surface area contributed by atoms with Gasteiger partial charge < -0.3 is 5.32 Å². The maximum atomic E-state index is 13.3. The van der Waals surface area contributed by atoms with Gasteiger partial charge in [0.1, 0.15) is 0 Å². The Morgan fingerprint density at radius 1 is 0.879 bits per heavy atom. The van der Waals surface area contributed by atoms with Crippen LogP contribution in [0.3, 0.4) is 0 Å². The number of para-hydroxylation sites is 2. The van der Waals surface area contributed by atoms with E-state index in [0.29, 0.717) is 27.4 Å². The van der Waals surface area contributed by atoms with Crippen LogP contribution in [0.25, 0.3) is 27.5 Å². The monoisotopic (exact) mass is 452 g/mol. The van der Waals surface area contributed by atoms with E-state index >= 15 is 0 Å². The number of aromatic nitrogens is 3. The fourth-order valence-electron chi connectivity index (χ4n) is 3.65. The molecule has 0 bridgehead atoms. The van der Waals surface area contributed by atoms with E-state index in [0.717, 1.165) is 10.9 Å². The van der Waals surface area contributed by atoms with Gasteiger partial charge in [0.15, 0.2) is 5.16 Å². The van der Waals surface area contributed by atoms with Crippen molar-refractivity contribution in [2.45, 2.75) is 17.3 Å². The Balaban J connectivity index is 1.50. The quantitative estimate of drug-likeness (QED) is 0.298. The number of benzene rings is 3. The highest BCUT2D eigenvalue weighted by molar-refractivity contribution is 8.00. The van der Waals surface area contributed by atoms with E-state index in [1.807, 2.05) is 78.9 Å². The average molecular weight is 453 g/mol. The van der Waals surface area contributed by atoms with Crippen molar-refractivity contribution in [3.8, 4) is 5.69 Å². The molecule has 33 heavy (non-hydrogen) atoms. The molecule has 1 N–H and O–H groups in total. The van der Waals surface area contributed by atoms with Gasteiger partial charge in [0.05, 0.1) is 33.0 Å². The van der Waals surface area contributed by atoms with Gasteiger partial charge in [-0.15, -0.1) is 0 Å². The van der Waals surface area contributed by atoms with Crippen molar-refractivity contribution in [1.82, 2.24) is 14.5 Å². The number of fused-ring (bicyclic) bond motifs is 2. The summed E-state index contributed by atoms with van der Waals surface area (Å²) in [4.78, 5) is 35.5. The highest BCUT2D eigenvalue weighted by atomic mass is 32.2. The molecule has 5 aromatic rings. The normalized spacial score (nSPS) is 12.0. The molecule has 1 atom stereocenters. The molecule has 5 rings (SSSR count). The summed E-state index contributed by atoms with van der Waals surface area (Å²) in [6.07, 6.45) is 1.72. The predicted octanol–water partition coefficient (Wildman–Crippen LogP) is 5.05. The molecule has 1 unspecified atom stereocenters. The van der Waals surface area contributed by atoms with E-state index in [1.165, 1.54) is 11.8 Å². The lowest BCUT2D eigenvalue weighted by atomic mass is 10.2. The van der Waals surface area contributed by atoms with E-state index in [4.69, 9.17) is 4.98 Å². The van der Waals surface area contributed by atoms with Gasteiger partial charge in [-0.25, -0.2) is 4.98 Å². The minimum absolute atomic E-state index is 0.165. The van der Waals surface area contributed by atoms with E-state index in [2.05, 4.69) is 10.3 Å². The molecule has 2 heterocycles. The molecule has 0 aliphatic rings. The van der Waals surface area contributed by atoms with Crippen molar-refractivity contribution in [3.63, 3.8) is 0 Å². The number of rotatable bonds is 5. The number of pyridine rings is 1. The highest BCUT2D eigenvalue weighted by Crippen LogP contribution is 2.27. The van der Waals surface area contributed by atoms with Gasteiger partial charge in [-0.2, -0.15) is 0 Å². The molecule has 3 aromatic carbocycles. The van der Waals surface area contributed by atoms with Crippen LogP contribution in [0.5, 0.6) is 0 Å². The topological polar surface area (TPSA) is 76.9 Å². The van der Waals surface area contributed by atoms with Crippen LogP contribution in [0.1, 0.15) is 6.92 Å². The summed E-state index contributed by atoms with van der Waals surface area (Å²) in [5, 5.41) is 4.37. The Morgan fingerprint density at radius 2 is 1.61 bits per heavy atom. The Hall–Kier alpha value is -3.97. The fourth-order valence-corrected chi connectivity index (χ4v) is 4.58. The minimum atomic E-state index is -0.500. The van der Waals surface area contributed by atoms with Crippen LogP contribution in [-0.4, -0.2) is 25.7 Å². The van der Waals surface area contributed by atoms with Crippen LogP contribution < -0.4 is 10.9 Å². The SMILES string of the molecule is CC(Sc1nc2ccccc2c(=O)n1-c1ccccc1)C(=O)Nc1cccc2ncccc12. The Kier molecular flexibility index (Phi) is 5.62. The third-order valence-electron chi connectivity index (χ3n) is 5.31. The number of thioether (sulfide) groups is 1. The summed E-state index contributed by atoms with van der Waals surface area (Å²) in [6, 6.07) is 26.0.